The van der Waals surface area contributed by atoms with E-state index in [4.69, 9.17) is 0 Å². The Morgan fingerprint density at radius 1 is 0.680 bits per heavy atom. The second kappa shape index (κ2) is 10.8. The molecule has 1 aromatic heterocycles. The van der Waals surface area contributed by atoms with Gasteiger partial charge in [0.25, 0.3) is 0 Å². The molecule has 0 spiro atoms. The lowest BCUT2D eigenvalue weighted by Crippen LogP contribution is -2.14. The summed E-state index contributed by atoms with van der Waals surface area (Å²) >= 11 is 7.63. The molecule has 9 heteroatoms. The maximum atomic E-state index is 12.8. The number of hydrogen-bond acceptors (Lipinski definition) is 5. The molecular formula is C16H26Br2O4S3. The fraction of sp³-hybridized carbons (Fsp3) is 0.750. The van der Waals surface area contributed by atoms with Gasteiger partial charge in [-0.3, -0.25) is 0 Å². The topological polar surface area (TPSA) is 68.3 Å². The molecule has 0 saturated heterocycles. The molecule has 1 rings (SSSR count). The van der Waals surface area contributed by atoms with Crippen molar-refractivity contribution < 1.29 is 16.8 Å². The summed E-state index contributed by atoms with van der Waals surface area (Å²) in [6, 6.07) is 0. The predicted molar refractivity (Wildman–Crippen MR) is 112 cm³/mol. The van der Waals surface area contributed by atoms with Crippen molar-refractivity contribution >= 4 is 62.9 Å². The van der Waals surface area contributed by atoms with Crippen LogP contribution in [0.4, 0.5) is 0 Å². The Hall–Kier alpha value is 0.560. The summed E-state index contributed by atoms with van der Waals surface area (Å²) < 4.78 is 51.8. The largest absolute Gasteiger partial charge is 0.224 e. The van der Waals surface area contributed by atoms with Gasteiger partial charge in [-0.1, -0.05) is 52.4 Å². The molecule has 1 heterocycles. The molecule has 146 valence electrons. The van der Waals surface area contributed by atoms with E-state index >= 15 is 0 Å². The Morgan fingerprint density at radius 3 is 1.36 bits per heavy atom. The van der Waals surface area contributed by atoms with Crippen LogP contribution in [0.5, 0.6) is 0 Å². The van der Waals surface area contributed by atoms with Crippen LogP contribution < -0.4 is 0 Å². The highest BCUT2D eigenvalue weighted by molar-refractivity contribution is 9.12. The van der Waals surface area contributed by atoms with Crippen molar-refractivity contribution in [3.05, 3.63) is 7.57 Å². The molecule has 1 aromatic rings. The summed E-state index contributed by atoms with van der Waals surface area (Å²) in [5, 5.41) is 0. The first-order chi connectivity index (χ1) is 11.7. The minimum absolute atomic E-state index is 0.0207. The van der Waals surface area contributed by atoms with Gasteiger partial charge in [0.2, 0.25) is 0 Å². The molecule has 4 nitrogen and oxygen atoms in total. The highest BCUT2D eigenvalue weighted by Gasteiger charge is 2.33. The van der Waals surface area contributed by atoms with E-state index in [1.165, 1.54) is 0 Å². The molecule has 0 aromatic carbocycles. The number of rotatable bonds is 12. The zero-order valence-corrected chi connectivity index (χ0v) is 20.3. The SMILES string of the molecule is CCCCCCS(=O)(=O)c1c(Br)sc(Br)c1S(=O)(=O)CCCCCC. The lowest BCUT2D eigenvalue weighted by Gasteiger charge is -2.09. The molecule has 0 aliphatic rings. The molecule has 0 unspecified atom stereocenters. The van der Waals surface area contributed by atoms with E-state index in [1.54, 1.807) is 0 Å². The number of halogens is 2. The first kappa shape index (κ1) is 23.6. The minimum Gasteiger partial charge on any atom is -0.224 e. The zero-order valence-electron chi connectivity index (χ0n) is 14.7. The molecule has 0 bridgehead atoms. The van der Waals surface area contributed by atoms with Crippen LogP contribution in [0, 0.1) is 0 Å². The third-order valence-electron chi connectivity index (χ3n) is 3.90. The second-order valence-corrected chi connectivity index (χ2v) is 13.8. The van der Waals surface area contributed by atoms with E-state index in [0.29, 0.717) is 20.4 Å². The molecule has 25 heavy (non-hydrogen) atoms. The molecule has 0 amide bonds. The van der Waals surface area contributed by atoms with Gasteiger partial charge in [-0.15, -0.1) is 11.3 Å². The fourth-order valence-corrected chi connectivity index (χ4v) is 11.6. The molecule has 0 fully saturated rings. The van der Waals surface area contributed by atoms with Gasteiger partial charge >= 0.3 is 0 Å². The Bertz CT molecular complexity index is 690. The van der Waals surface area contributed by atoms with Gasteiger partial charge in [-0.25, -0.2) is 16.8 Å². The summed E-state index contributed by atoms with van der Waals surface area (Å²) in [5.41, 5.74) is 0. The third-order valence-corrected chi connectivity index (χ3v) is 11.1. The lowest BCUT2D eigenvalue weighted by atomic mass is 10.2. The summed E-state index contributed by atoms with van der Waals surface area (Å²) in [6.45, 7) is 4.12. The first-order valence-electron chi connectivity index (χ1n) is 8.60. The van der Waals surface area contributed by atoms with Gasteiger partial charge in [0.05, 0.1) is 19.1 Å². The Morgan fingerprint density at radius 2 is 1.04 bits per heavy atom. The van der Waals surface area contributed by atoms with Crippen LogP contribution in [0.2, 0.25) is 0 Å². The van der Waals surface area contributed by atoms with Gasteiger partial charge in [-0.2, -0.15) is 0 Å². The van der Waals surface area contributed by atoms with Crippen LogP contribution >= 0.6 is 43.2 Å². The van der Waals surface area contributed by atoms with Gasteiger partial charge in [0, 0.05) is 0 Å². The molecule has 0 saturated carbocycles. The van der Waals surface area contributed by atoms with E-state index in [1.807, 2.05) is 0 Å². The Labute approximate surface area is 172 Å². The van der Waals surface area contributed by atoms with Gasteiger partial charge < -0.3 is 0 Å². The predicted octanol–water partition coefficient (Wildman–Crippen LogP) is 5.98. The summed E-state index contributed by atoms with van der Waals surface area (Å²) in [7, 11) is -7.29. The normalized spacial score (nSPS) is 12.6. The maximum absolute atomic E-state index is 12.8. The van der Waals surface area contributed by atoms with Crippen molar-refractivity contribution in [2.45, 2.75) is 75.0 Å². The quantitative estimate of drug-likeness (QED) is 0.307. The van der Waals surface area contributed by atoms with Crippen molar-refractivity contribution in [3.63, 3.8) is 0 Å². The highest BCUT2D eigenvalue weighted by Crippen LogP contribution is 2.43. The van der Waals surface area contributed by atoms with Crippen LogP contribution in [0.25, 0.3) is 0 Å². The average Bonchev–Trinajstić information content (AvgIpc) is 2.84. The Balaban J connectivity index is 3.10. The van der Waals surface area contributed by atoms with Crippen molar-refractivity contribution in [1.82, 2.24) is 0 Å². The molecule has 0 N–H and O–H groups in total. The van der Waals surface area contributed by atoms with Crippen LogP contribution in [0.1, 0.15) is 65.2 Å². The van der Waals surface area contributed by atoms with Crippen LogP contribution in [-0.2, 0) is 19.7 Å². The maximum Gasteiger partial charge on any atom is 0.181 e. The van der Waals surface area contributed by atoms with E-state index < -0.39 is 19.7 Å². The number of sulfone groups is 2. The lowest BCUT2D eigenvalue weighted by molar-refractivity contribution is 0.576. The fourth-order valence-electron chi connectivity index (χ4n) is 2.52. The van der Waals surface area contributed by atoms with E-state index in [0.717, 1.165) is 49.9 Å². The molecular weight excluding hydrogens is 512 g/mol. The van der Waals surface area contributed by atoms with Crippen LogP contribution in [0.15, 0.2) is 17.4 Å². The number of unbranched alkanes of at least 4 members (excludes halogenated alkanes) is 6. The van der Waals surface area contributed by atoms with Gasteiger partial charge in [0.1, 0.15) is 9.79 Å². The summed E-state index contributed by atoms with van der Waals surface area (Å²) in [5.74, 6) is -0.0414. The third kappa shape index (κ3) is 6.90. The molecule has 0 aliphatic heterocycles. The second-order valence-electron chi connectivity index (χ2n) is 6.07. The molecule has 0 atom stereocenters. The van der Waals surface area contributed by atoms with Crippen molar-refractivity contribution in [1.29, 1.82) is 0 Å². The van der Waals surface area contributed by atoms with E-state index in [-0.39, 0.29) is 21.3 Å². The monoisotopic (exact) mass is 536 g/mol. The minimum atomic E-state index is -3.65. The summed E-state index contributed by atoms with van der Waals surface area (Å²) in [4.78, 5) is -0.118. The van der Waals surface area contributed by atoms with Crippen LogP contribution in [-0.4, -0.2) is 28.3 Å². The van der Waals surface area contributed by atoms with Crippen molar-refractivity contribution in [2.75, 3.05) is 11.5 Å². The van der Waals surface area contributed by atoms with E-state index in [2.05, 4.69) is 45.7 Å². The number of thiophene rings is 1. The zero-order chi connectivity index (χ0) is 19.1. The number of hydrogen-bond donors (Lipinski definition) is 0. The van der Waals surface area contributed by atoms with Crippen LogP contribution in [0.3, 0.4) is 0 Å². The smallest absolute Gasteiger partial charge is 0.181 e. The van der Waals surface area contributed by atoms with Crippen molar-refractivity contribution in [2.24, 2.45) is 0 Å². The highest BCUT2D eigenvalue weighted by atomic mass is 79.9. The molecule has 0 radical (unpaired) electrons. The van der Waals surface area contributed by atoms with Gasteiger partial charge in [0.15, 0.2) is 19.7 Å². The standard InChI is InChI=1S/C16H26Br2O4S3/c1-3-5-7-9-11-24(19,20)13-14(16(18)23-15(13)17)25(21,22)12-10-8-6-4-2/h3-12H2,1-2H3. The first-order valence-corrected chi connectivity index (χ1v) is 14.3. The van der Waals surface area contributed by atoms with Crippen molar-refractivity contribution in [3.8, 4) is 0 Å². The molecule has 0 aliphatic carbocycles. The summed E-state index contributed by atoms with van der Waals surface area (Å²) in [6.07, 6.45) is 6.75. The average molecular weight is 538 g/mol. The Kier molecular flexibility index (Phi) is 10.2. The van der Waals surface area contributed by atoms with Gasteiger partial charge in [-0.05, 0) is 44.7 Å². The van der Waals surface area contributed by atoms with E-state index in [9.17, 15) is 16.8 Å².